The second-order valence-corrected chi connectivity index (χ2v) is 5.92. The topological polar surface area (TPSA) is 0 Å². The molecule has 0 spiro atoms. The Hall–Kier alpha value is 0.690. The third-order valence-corrected chi connectivity index (χ3v) is 5.66. The van der Waals surface area contributed by atoms with Crippen LogP contribution < -0.4 is 21.2 Å². The van der Waals surface area contributed by atoms with Gasteiger partial charge in [-0.25, -0.2) is 0 Å². The van der Waals surface area contributed by atoms with E-state index in [1.54, 1.807) is 8.86 Å². The Labute approximate surface area is 60.9 Å². The van der Waals surface area contributed by atoms with Crippen molar-refractivity contribution in [1.29, 1.82) is 0 Å². The number of hydrogen-bond acceptors (Lipinski definition) is 0. The van der Waals surface area contributed by atoms with Crippen LogP contribution >= 0.6 is 0 Å². The summed E-state index contributed by atoms with van der Waals surface area (Å²) in [6.45, 7) is 2.96. The van der Waals surface area contributed by atoms with Crippen LogP contribution in [-0.4, -0.2) is 39.5 Å². The molecule has 0 bridgehead atoms. The summed E-state index contributed by atoms with van der Waals surface area (Å²) >= 11 is 0.709. The predicted molar refractivity (Wildman–Crippen MR) is 29.4 cm³/mol. The number of likely N-dealkylation sites (N-methyl/N-ethyl adjacent to an activating group) is 1. The molecule has 0 unspecified atom stereocenters. The fourth-order valence-corrected chi connectivity index (χ4v) is 4.14. The number of alkyl halides is 2. The zero-order valence-electron chi connectivity index (χ0n) is 5.23. The third kappa shape index (κ3) is 0.692. The molecule has 2 saturated heterocycles. The van der Waals surface area contributed by atoms with E-state index in [9.17, 15) is 0 Å². The summed E-state index contributed by atoms with van der Waals surface area (Å²) < 4.78 is 4.68. The quantitative estimate of drug-likeness (QED) is 0.192. The van der Waals surface area contributed by atoms with Crippen molar-refractivity contribution >= 4 is 0 Å². The Morgan fingerprint density at radius 1 is 1.38 bits per heavy atom. The summed E-state index contributed by atoms with van der Waals surface area (Å²) in [6.07, 6.45) is 0. The first-order valence-electron chi connectivity index (χ1n) is 3.19. The van der Waals surface area contributed by atoms with Crippen molar-refractivity contribution < 1.29 is 25.7 Å². The van der Waals surface area contributed by atoms with Crippen LogP contribution in [0.25, 0.3) is 0 Å². The van der Waals surface area contributed by atoms with Gasteiger partial charge in [-0.1, -0.05) is 0 Å². The van der Waals surface area contributed by atoms with Crippen LogP contribution in [0.3, 0.4) is 0 Å². The number of nitrogens with zero attached hydrogens (tertiary/aromatic N) is 1. The SMILES string of the molecule is C[N+]1(C2C[I-]C2)CC1. The third-order valence-electron chi connectivity index (χ3n) is 2.39. The van der Waals surface area contributed by atoms with Crippen LogP contribution in [0.5, 0.6) is 0 Å². The van der Waals surface area contributed by atoms with Crippen LogP contribution in [0.2, 0.25) is 0 Å². The van der Waals surface area contributed by atoms with E-state index in [4.69, 9.17) is 0 Å². The molecule has 2 heterocycles. The first-order chi connectivity index (χ1) is 3.81. The van der Waals surface area contributed by atoms with Gasteiger partial charge in [0.2, 0.25) is 0 Å². The van der Waals surface area contributed by atoms with Crippen molar-refractivity contribution in [3.8, 4) is 0 Å². The molecule has 0 aliphatic carbocycles. The van der Waals surface area contributed by atoms with Gasteiger partial charge in [-0.2, -0.15) is 0 Å². The number of rotatable bonds is 1. The molecule has 0 radical (unpaired) electrons. The molecule has 8 heavy (non-hydrogen) atoms. The van der Waals surface area contributed by atoms with Crippen LogP contribution in [0.1, 0.15) is 0 Å². The first-order valence-corrected chi connectivity index (χ1v) is 6.24. The second kappa shape index (κ2) is 1.59. The molecule has 0 aromatic carbocycles. The molecule has 0 atom stereocenters. The van der Waals surface area contributed by atoms with E-state index in [1.165, 1.54) is 17.6 Å². The van der Waals surface area contributed by atoms with Gasteiger partial charge in [0.05, 0.1) is 0 Å². The van der Waals surface area contributed by atoms with Gasteiger partial charge in [-0.3, -0.25) is 0 Å². The van der Waals surface area contributed by atoms with Crippen LogP contribution in [0.15, 0.2) is 0 Å². The van der Waals surface area contributed by atoms with Gasteiger partial charge in [0, 0.05) is 0 Å². The molecule has 1 nitrogen and oxygen atoms in total. The zero-order valence-corrected chi connectivity index (χ0v) is 7.39. The average Bonchev–Trinajstić information content (AvgIpc) is 2.12. The predicted octanol–water partition coefficient (Wildman–Crippen LogP) is -3.08. The van der Waals surface area contributed by atoms with Crippen LogP contribution in [0.4, 0.5) is 0 Å². The van der Waals surface area contributed by atoms with Crippen molar-refractivity contribution in [3.05, 3.63) is 0 Å². The summed E-state index contributed by atoms with van der Waals surface area (Å²) in [5.74, 6) is 0. The molecule has 2 rings (SSSR count). The Kier molecular flexibility index (Phi) is 1.09. The fourth-order valence-electron chi connectivity index (χ4n) is 1.06. The molecule has 2 fully saturated rings. The van der Waals surface area contributed by atoms with E-state index in [1.807, 2.05) is 0 Å². The number of quaternary nitrogens is 1. The number of halogens is 1. The van der Waals surface area contributed by atoms with E-state index < -0.39 is 0 Å². The molecule has 2 aliphatic heterocycles. The van der Waals surface area contributed by atoms with Gasteiger partial charge in [-0.05, 0) is 0 Å². The van der Waals surface area contributed by atoms with Crippen molar-refractivity contribution in [2.45, 2.75) is 6.04 Å². The summed E-state index contributed by atoms with van der Waals surface area (Å²) in [5, 5.41) is 0. The van der Waals surface area contributed by atoms with Crippen molar-refractivity contribution in [3.63, 3.8) is 0 Å². The molecule has 0 N–H and O–H groups in total. The molecule has 2 heteroatoms. The fraction of sp³-hybridized carbons (Fsp3) is 1.00. The molecular formula is C6H12IN. The monoisotopic (exact) mass is 225 g/mol. The molecular weight excluding hydrogens is 213 g/mol. The minimum atomic E-state index is 0.709. The van der Waals surface area contributed by atoms with E-state index in [0.29, 0.717) is 21.2 Å². The van der Waals surface area contributed by atoms with Crippen molar-refractivity contribution in [2.75, 3.05) is 29.0 Å². The first kappa shape index (κ1) is 5.47. The standard InChI is InChI=1S/C6H12IN/c1-8(2-3-8)6-4-7-5-6/h6H,2-5H2,1H3. The van der Waals surface area contributed by atoms with E-state index in [-0.39, 0.29) is 0 Å². The normalized spacial score (nSPS) is 35.1. The summed E-state index contributed by atoms with van der Waals surface area (Å²) in [5.41, 5.74) is 0. The van der Waals surface area contributed by atoms with Crippen LogP contribution in [-0.2, 0) is 0 Å². The molecule has 0 aromatic rings. The van der Waals surface area contributed by atoms with Crippen molar-refractivity contribution in [2.24, 2.45) is 0 Å². The van der Waals surface area contributed by atoms with Gasteiger partial charge in [0.1, 0.15) is 0 Å². The average molecular weight is 225 g/mol. The Morgan fingerprint density at radius 3 is 2.12 bits per heavy atom. The summed E-state index contributed by atoms with van der Waals surface area (Å²) in [4.78, 5) is 0. The molecule has 0 saturated carbocycles. The van der Waals surface area contributed by atoms with E-state index in [0.717, 1.165) is 6.04 Å². The Balaban J connectivity index is 1.95. The van der Waals surface area contributed by atoms with Gasteiger partial charge in [0.25, 0.3) is 0 Å². The minimum absolute atomic E-state index is 0.709. The van der Waals surface area contributed by atoms with Gasteiger partial charge >= 0.3 is 60.7 Å². The van der Waals surface area contributed by atoms with Crippen molar-refractivity contribution in [1.82, 2.24) is 0 Å². The van der Waals surface area contributed by atoms with E-state index >= 15 is 0 Å². The Bertz CT molecular complexity index is 105. The molecule has 0 aromatic heterocycles. The summed E-state index contributed by atoms with van der Waals surface area (Å²) in [6, 6.07) is 1.13. The maximum atomic E-state index is 2.41. The van der Waals surface area contributed by atoms with Gasteiger partial charge in [-0.15, -0.1) is 0 Å². The van der Waals surface area contributed by atoms with Crippen LogP contribution in [0, 0.1) is 0 Å². The number of hydrogen-bond donors (Lipinski definition) is 0. The van der Waals surface area contributed by atoms with Gasteiger partial charge in [0.15, 0.2) is 0 Å². The maximum absolute atomic E-state index is 2.41. The molecule has 2 aliphatic rings. The molecule has 48 valence electrons. The molecule has 0 amide bonds. The Morgan fingerprint density at radius 2 is 2.00 bits per heavy atom. The zero-order chi connectivity index (χ0) is 5.61. The summed E-state index contributed by atoms with van der Waals surface area (Å²) in [7, 11) is 2.41. The van der Waals surface area contributed by atoms with E-state index in [2.05, 4.69) is 7.05 Å². The second-order valence-electron chi connectivity index (χ2n) is 3.08. The van der Waals surface area contributed by atoms with Gasteiger partial charge < -0.3 is 0 Å².